The van der Waals surface area contributed by atoms with Crippen LogP contribution in [0.15, 0.2) is 34.4 Å². The summed E-state index contributed by atoms with van der Waals surface area (Å²) in [5, 5.41) is 0. The number of hydrogen-bond acceptors (Lipinski definition) is 0. The van der Waals surface area contributed by atoms with Crippen LogP contribution in [0.4, 0.5) is 0 Å². The van der Waals surface area contributed by atoms with Crippen LogP contribution in [-0.2, 0) is 19.5 Å². The summed E-state index contributed by atoms with van der Waals surface area (Å²) >= 11 is 0. The van der Waals surface area contributed by atoms with Gasteiger partial charge in [-0.15, -0.1) is 11.1 Å². The van der Waals surface area contributed by atoms with Crippen LogP contribution in [0.3, 0.4) is 0 Å². The van der Waals surface area contributed by atoms with E-state index in [0.717, 1.165) is 11.1 Å². The second-order valence-corrected chi connectivity index (χ2v) is 11.6. The van der Waals surface area contributed by atoms with E-state index in [1.165, 1.54) is 11.1 Å². The maximum atomic E-state index is 5.99. The number of hydrogen-bond donors (Lipinski definition) is 0. The van der Waals surface area contributed by atoms with Gasteiger partial charge < -0.3 is 0 Å². The van der Waals surface area contributed by atoms with E-state index in [0.29, 0.717) is 0 Å². The van der Waals surface area contributed by atoms with E-state index in [9.17, 15) is 0 Å². The van der Waals surface area contributed by atoms with Gasteiger partial charge in [0.25, 0.3) is 0 Å². The van der Waals surface area contributed by atoms with Crippen LogP contribution in [0.25, 0.3) is 0 Å². The third-order valence-electron chi connectivity index (χ3n) is 4.84. The Morgan fingerprint density at radius 1 is 0.481 bits per heavy atom. The Balaban J connectivity index is -0.000000411. The quantitative estimate of drug-likeness (QED) is 0.220. The molecule has 0 spiro atoms. The van der Waals surface area contributed by atoms with Gasteiger partial charge in [-0.05, 0) is 21.7 Å². The van der Waals surface area contributed by atoms with E-state index >= 15 is 0 Å². The number of allylic oxidation sites excluding steroid dienone is 6. The van der Waals surface area contributed by atoms with Crippen LogP contribution in [0.2, 0.25) is 0 Å². The molecule has 0 heterocycles. The first-order valence-corrected chi connectivity index (χ1v) is 9.73. The predicted molar refractivity (Wildman–Crippen MR) is 121 cm³/mol. The number of rotatable bonds is 2. The fourth-order valence-corrected chi connectivity index (χ4v) is 1.33. The van der Waals surface area contributed by atoms with Gasteiger partial charge in [0.15, 0.2) is 0 Å². The Bertz CT molecular complexity index is 489. The Hall–Kier alpha value is -0.417. The molecule has 0 rings (SSSR count). The van der Waals surface area contributed by atoms with Gasteiger partial charge in [-0.2, -0.15) is 0 Å². The summed E-state index contributed by atoms with van der Waals surface area (Å²) in [6.07, 6.45) is 4.22. The van der Waals surface area contributed by atoms with Crippen LogP contribution >= 0.6 is 0 Å². The van der Waals surface area contributed by atoms with E-state index in [4.69, 9.17) is 13.2 Å². The third-order valence-corrected chi connectivity index (χ3v) is 4.84. The summed E-state index contributed by atoms with van der Waals surface area (Å²) in [6.45, 7) is 42.3. The molecule has 27 heavy (non-hydrogen) atoms. The first-order chi connectivity index (χ1) is 11.1. The maximum Gasteiger partial charge on any atom is 2.00 e. The summed E-state index contributed by atoms with van der Waals surface area (Å²) in [7, 11) is 0. The summed E-state index contributed by atoms with van der Waals surface area (Å²) in [5.41, 5.74) is 5.17. The van der Waals surface area contributed by atoms with Crippen molar-refractivity contribution in [2.24, 2.45) is 21.7 Å². The summed E-state index contributed by atoms with van der Waals surface area (Å²) in [5.74, 6) is 0. The molecule has 0 saturated carbocycles. The zero-order valence-electron chi connectivity index (χ0n) is 20.7. The molecule has 0 aliphatic rings. The predicted octanol–water partition coefficient (Wildman–Crippen LogP) is 8.77. The summed E-state index contributed by atoms with van der Waals surface area (Å²) in [6, 6.07) is 0. The van der Waals surface area contributed by atoms with Gasteiger partial charge in [0, 0.05) is 0 Å². The second-order valence-electron chi connectivity index (χ2n) is 11.6. The molecule has 158 valence electrons. The third kappa shape index (κ3) is 14.3. The smallest absolute Gasteiger partial charge is 0.289 e. The van der Waals surface area contributed by atoms with E-state index in [1.807, 2.05) is 0 Å². The normalized spacial score (nSPS) is 14.0. The summed E-state index contributed by atoms with van der Waals surface area (Å²) < 4.78 is 0. The zero-order valence-corrected chi connectivity index (χ0v) is 22.4. The van der Waals surface area contributed by atoms with Gasteiger partial charge in [0.05, 0.1) is 0 Å². The minimum atomic E-state index is 0. The molecule has 0 aromatic rings. The van der Waals surface area contributed by atoms with Crippen molar-refractivity contribution in [3.8, 4) is 0 Å². The molecular formula is C26H46Ru. The maximum absolute atomic E-state index is 5.99. The van der Waals surface area contributed by atoms with Crippen LogP contribution in [0, 0.1) is 34.8 Å². The van der Waals surface area contributed by atoms with Crippen LogP contribution in [0.5, 0.6) is 0 Å². The van der Waals surface area contributed by atoms with Gasteiger partial charge in [0.2, 0.25) is 0 Å². The van der Waals surface area contributed by atoms with Gasteiger partial charge in [-0.25, -0.2) is 23.3 Å². The Morgan fingerprint density at radius 2 is 0.667 bits per heavy atom. The second kappa shape index (κ2) is 10.9. The molecule has 0 radical (unpaired) electrons. The first-order valence-electron chi connectivity index (χ1n) is 9.73. The Morgan fingerprint density at radius 3 is 0.778 bits per heavy atom. The standard InChI is InChI=1S/2C13H23.Ru/c2*1-10(12(3,4)5)9-11(2)13(6,7)8;/h2*1,9H,2-8H3;/q2*-1;+2/b2*11-9-;. The van der Waals surface area contributed by atoms with Gasteiger partial charge >= 0.3 is 19.5 Å². The van der Waals surface area contributed by atoms with Crippen molar-refractivity contribution >= 4 is 0 Å². The van der Waals surface area contributed by atoms with Crippen LogP contribution < -0.4 is 0 Å². The molecule has 0 unspecified atom stereocenters. The van der Waals surface area contributed by atoms with Crippen molar-refractivity contribution in [1.82, 2.24) is 0 Å². The Labute approximate surface area is 185 Å². The molecule has 0 aromatic carbocycles. The molecule has 0 nitrogen and oxygen atoms in total. The fraction of sp³-hybridized carbons (Fsp3) is 0.692. The molecule has 0 aromatic heterocycles. The van der Waals surface area contributed by atoms with Crippen molar-refractivity contribution in [1.29, 1.82) is 0 Å². The van der Waals surface area contributed by atoms with Crippen molar-refractivity contribution in [3.63, 3.8) is 0 Å². The summed E-state index contributed by atoms with van der Waals surface area (Å²) in [4.78, 5) is 0. The molecule has 0 amide bonds. The van der Waals surface area contributed by atoms with E-state index in [2.05, 4.69) is 109 Å². The van der Waals surface area contributed by atoms with Gasteiger partial charge in [-0.1, -0.05) is 96.9 Å². The van der Waals surface area contributed by atoms with E-state index in [-0.39, 0.29) is 41.1 Å². The van der Waals surface area contributed by atoms with Crippen molar-refractivity contribution in [2.75, 3.05) is 0 Å². The average Bonchev–Trinajstić information content (AvgIpc) is 2.34. The first kappa shape index (κ1) is 31.3. The molecule has 1 heteroatoms. The molecular weight excluding hydrogens is 413 g/mol. The van der Waals surface area contributed by atoms with Crippen molar-refractivity contribution in [3.05, 3.63) is 47.6 Å². The molecule has 0 bridgehead atoms. The molecule has 0 saturated heterocycles. The Kier molecular flexibility index (Phi) is 12.7. The topological polar surface area (TPSA) is 0 Å². The van der Waals surface area contributed by atoms with E-state index in [1.54, 1.807) is 0 Å². The molecule has 0 fully saturated rings. The SMILES string of the molecule is [CH-]=C(/C=C(/C)C(C)(C)C)C(C)(C)C.[CH-]=C(/C=C(/C)C(C)(C)C)C(C)(C)C.[Ru+2]. The molecule has 0 atom stereocenters. The van der Waals surface area contributed by atoms with Gasteiger partial charge in [0.1, 0.15) is 0 Å². The zero-order chi connectivity index (χ0) is 21.7. The molecule has 0 aliphatic heterocycles. The minimum absolute atomic E-state index is 0. The molecule has 0 N–H and O–H groups in total. The molecule has 0 aliphatic carbocycles. The van der Waals surface area contributed by atoms with Crippen molar-refractivity contribution in [2.45, 2.75) is 96.9 Å². The minimum Gasteiger partial charge on any atom is -0.289 e. The van der Waals surface area contributed by atoms with Crippen LogP contribution in [-0.4, -0.2) is 0 Å². The fourth-order valence-electron chi connectivity index (χ4n) is 1.33. The largest absolute Gasteiger partial charge is 2.00 e. The van der Waals surface area contributed by atoms with Gasteiger partial charge in [-0.3, -0.25) is 13.2 Å². The monoisotopic (exact) mass is 460 g/mol. The average molecular weight is 460 g/mol. The van der Waals surface area contributed by atoms with Crippen molar-refractivity contribution < 1.29 is 19.5 Å². The van der Waals surface area contributed by atoms with E-state index < -0.39 is 0 Å². The van der Waals surface area contributed by atoms with Crippen LogP contribution in [0.1, 0.15) is 96.9 Å².